The molecule has 0 saturated carbocycles. The molecular weight excluding hydrogens is 473 g/mol. The van der Waals surface area contributed by atoms with Crippen LogP contribution in [0.25, 0.3) is 0 Å². The maximum Gasteiger partial charge on any atom is 0.416 e. The Morgan fingerprint density at radius 2 is 1.87 bits per heavy atom. The second-order valence-corrected chi connectivity index (χ2v) is 11.1. The molecule has 2 saturated heterocycles. The zero-order valence-electron chi connectivity index (χ0n) is 15.8. The van der Waals surface area contributed by atoms with Crippen molar-refractivity contribution in [1.29, 1.82) is 0 Å². The highest BCUT2D eigenvalue weighted by Gasteiger charge is 2.50. The third-order valence-corrected chi connectivity index (χ3v) is 8.55. The van der Waals surface area contributed by atoms with Crippen molar-refractivity contribution in [2.45, 2.75) is 23.9 Å². The molecule has 1 amide bonds. The SMILES string of the molecule is O=C(Cc1ccccc1)N=C1SC2CS(=O)(=O)CC2N1c1cc(C(F)(F)F)ccc1Cl. The van der Waals surface area contributed by atoms with Gasteiger partial charge in [-0.25, -0.2) is 8.42 Å². The van der Waals surface area contributed by atoms with Crippen molar-refractivity contribution < 1.29 is 26.4 Å². The lowest BCUT2D eigenvalue weighted by Gasteiger charge is -2.26. The van der Waals surface area contributed by atoms with E-state index in [1.54, 1.807) is 24.3 Å². The maximum atomic E-state index is 13.3. The molecule has 31 heavy (non-hydrogen) atoms. The summed E-state index contributed by atoms with van der Waals surface area (Å²) < 4.78 is 64.1. The third-order valence-electron chi connectivity index (χ3n) is 5.02. The second-order valence-electron chi connectivity index (χ2n) is 7.28. The van der Waals surface area contributed by atoms with Crippen LogP contribution < -0.4 is 4.90 Å². The average molecular weight is 489 g/mol. The quantitative estimate of drug-likeness (QED) is 0.647. The van der Waals surface area contributed by atoms with Crippen LogP contribution in [0.1, 0.15) is 11.1 Å². The molecule has 2 aliphatic rings. The molecule has 0 bridgehead atoms. The van der Waals surface area contributed by atoms with Crippen molar-refractivity contribution in [3.05, 3.63) is 64.7 Å². The van der Waals surface area contributed by atoms with Gasteiger partial charge in [-0.1, -0.05) is 53.7 Å². The molecule has 0 aromatic heterocycles. The summed E-state index contributed by atoms with van der Waals surface area (Å²) in [5.74, 6) is -0.866. The van der Waals surface area contributed by atoms with Gasteiger partial charge < -0.3 is 4.90 Å². The standard InChI is InChI=1S/C20H16ClF3N2O3S2/c21-14-7-6-13(20(22,23)24)9-15(14)26-16-10-31(28,29)11-17(16)30-19(26)25-18(27)8-12-4-2-1-3-5-12/h1-7,9,16-17H,8,10-11H2. The fourth-order valence-corrected chi connectivity index (χ4v) is 7.77. The smallest absolute Gasteiger partial charge is 0.314 e. The summed E-state index contributed by atoms with van der Waals surface area (Å²) in [5.41, 5.74) is -0.192. The van der Waals surface area contributed by atoms with E-state index in [2.05, 4.69) is 4.99 Å². The summed E-state index contributed by atoms with van der Waals surface area (Å²) in [4.78, 5) is 18.0. The molecule has 2 atom stereocenters. The monoisotopic (exact) mass is 488 g/mol. The molecule has 4 rings (SSSR count). The van der Waals surface area contributed by atoms with Crippen LogP contribution in [0.5, 0.6) is 0 Å². The number of thioether (sulfide) groups is 1. The number of aliphatic imine (C=N–C) groups is 1. The van der Waals surface area contributed by atoms with Gasteiger partial charge >= 0.3 is 6.18 Å². The van der Waals surface area contributed by atoms with E-state index in [-0.39, 0.29) is 33.8 Å². The van der Waals surface area contributed by atoms with Crippen LogP contribution in [0.2, 0.25) is 5.02 Å². The Morgan fingerprint density at radius 3 is 2.55 bits per heavy atom. The van der Waals surface area contributed by atoms with E-state index in [1.807, 2.05) is 6.07 Å². The number of amides is 1. The van der Waals surface area contributed by atoms with Gasteiger partial charge in [-0.3, -0.25) is 4.79 Å². The lowest BCUT2D eigenvalue weighted by atomic mass is 10.1. The van der Waals surface area contributed by atoms with Gasteiger partial charge in [-0.2, -0.15) is 18.2 Å². The molecule has 164 valence electrons. The summed E-state index contributed by atoms with van der Waals surface area (Å²) >= 11 is 7.30. The lowest BCUT2D eigenvalue weighted by molar-refractivity contribution is -0.137. The molecule has 0 N–H and O–H groups in total. The van der Waals surface area contributed by atoms with Crippen LogP contribution in [0, 0.1) is 0 Å². The lowest BCUT2D eigenvalue weighted by Crippen LogP contribution is -2.38. The summed E-state index contributed by atoms with van der Waals surface area (Å²) in [6, 6.07) is 11.1. The van der Waals surface area contributed by atoms with Gasteiger partial charge in [0.15, 0.2) is 15.0 Å². The normalized spacial score (nSPS) is 23.9. The van der Waals surface area contributed by atoms with Crippen molar-refractivity contribution in [1.82, 2.24) is 0 Å². The molecule has 0 spiro atoms. The van der Waals surface area contributed by atoms with E-state index in [4.69, 9.17) is 11.6 Å². The van der Waals surface area contributed by atoms with Gasteiger partial charge in [0.1, 0.15) is 0 Å². The molecule has 5 nitrogen and oxygen atoms in total. The number of hydrogen-bond acceptors (Lipinski definition) is 4. The predicted octanol–water partition coefficient (Wildman–Crippen LogP) is 4.20. The first-order valence-corrected chi connectivity index (χ1v) is 12.3. The molecule has 2 aliphatic heterocycles. The minimum absolute atomic E-state index is 0.0140. The fourth-order valence-electron chi connectivity index (χ4n) is 3.64. The van der Waals surface area contributed by atoms with Crippen LogP contribution in [-0.2, 0) is 27.2 Å². The fraction of sp³-hybridized carbons (Fsp3) is 0.300. The zero-order valence-corrected chi connectivity index (χ0v) is 18.2. The van der Waals surface area contributed by atoms with Crippen LogP contribution in [-0.4, -0.2) is 42.3 Å². The molecular formula is C20H16ClF3N2O3S2. The Hall–Kier alpha value is -2.04. The van der Waals surface area contributed by atoms with E-state index in [1.165, 1.54) is 4.90 Å². The van der Waals surface area contributed by atoms with E-state index >= 15 is 0 Å². The van der Waals surface area contributed by atoms with E-state index in [9.17, 15) is 26.4 Å². The van der Waals surface area contributed by atoms with Gasteiger partial charge in [-0.05, 0) is 23.8 Å². The first kappa shape index (κ1) is 22.2. The first-order chi connectivity index (χ1) is 14.5. The Balaban J connectivity index is 1.73. The number of carbonyl (C=O) groups excluding carboxylic acids is 1. The number of alkyl halides is 3. The summed E-state index contributed by atoms with van der Waals surface area (Å²) in [6.45, 7) is 0. The Labute approximate surface area is 186 Å². The molecule has 2 aromatic carbocycles. The van der Waals surface area contributed by atoms with Gasteiger partial charge in [0.25, 0.3) is 5.91 Å². The summed E-state index contributed by atoms with van der Waals surface area (Å²) in [7, 11) is -3.37. The summed E-state index contributed by atoms with van der Waals surface area (Å²) in [6.07, 6.45) is -4.59. The number of nitrogens with zero attached hydrogens (tertiary/aromatic N) is 2. The number of hydrogen-bond donors (Lipinski definition) is 0. The summed E-state index contributed by atoms with van der Waals surface area (Å²) in [5, 5.41) is -0.271. The average Bonchev–Trinajstić information content (AvgIpc) is 3.13. The molecule has 2 fully saturated rings. The van der Waals surface area contributed by atoms with Crippen molar-refractivity contribution in [3.63, 3.8) is 0 Å². The number of fused-ring (bicyclic) bond motifs is 1. The largest absolute Gasteiger partial charge is 0.416 e. The highest BCUT2D eigenvalue weighted by atomic mass is 35.5. The number of rotatable bonds is 3. The Kier molecular flexibility index (Phi) is 5.82. The van der Waals surface area contributed by atoms with Gasteiger partial charge in [0.05, 0.1) is 40.2 Å². The first-order valence-electron chi connectivity index (χ1n) is 9.22. The zero-order chi connectivity index (χ0) is 22.4. The van der Waals surface area contributed by atoms with Crippen molar-refractivity contribution in [2.24, 2.45) is 4.99 Å². The van der Waals surface area contributed by atoms with Gasteiger partial charge in [0.2, 0.25) is 0 Å². The molecule has 2 heterocycles. The number of halogens is 4. The Morgan fingerprint density at radius 1 is 1.16 bits per heavy atom. The van der Waals surface area contributed by atoms with Crippen LogP contribution in [0.15, 0.2) is 53.5 Å². The van der Waals surface area contributed by atoms with Crippen LogP contribution in [0.3, 0.4) is 0 Å². The minimum Gasteiger partial charge on any atom is -0.314 e. The van der Waals surface area contributed by atoms with E-state index < -0.39 is 38.8 Å². The van der Waals surface area contributed by atoms with Crippen molar-refractivity contribution in [3.8, 4) is 0 Å². The minimum atomic E-state index is -4.60. The molecule has 11 heteroatoms. The molecule has 2 aromatic rings. The number of benzene rings is 2. The van der Waals surface area contributed by atoms with Crippen LogP contribution >= 0.6 is 23.4 Å². The number of anilines is 1. The number of carbonyl (C=O) groups is 1. The van der Waals surface area contributed by atoms with E-state index in [0.29, 0.717) is 0 Å². The van der Waals surface area contributed by atoms with Crippen LogP contribution in [0.4, 0.5) is 18.9 Å². The van der Waals surface area contributed by atoms with Gasteiger partial charge in [0, 0.05) is 5.25 Å². The molecule has 0 aliphatic carbocycles. The van der Waals surface area contributed by atoms with E-state index in [0.717, 1.165) is 35.5 Å². The number of sulfone groups is 1. The molecule has 2 unspecified atom stereocenters. The topological polar surface area (TPSA) is 66.8 Å². The molecule has 0 radical (unpaired) electrons. The highest BCUT2D eigenvalue weighted by Crippen LogP contribution is 2.44. The second kappa shape index (κ2) is 8.14. The van der Waals surface area contributed by atoms with Gasteiger partial charge in [-0.15, -0.1) is 0 Å². The predicted molar refractivity (Wildman–Crippen MR) is 115 cm³/mol. The third kappa shape index (κ3) is 4.75. The Bertz CT molecular complexity index is 1150. The van der Waals surface area contributed by atoms with Crippen molar-refractivity contribution in [2.75, 3.05) is 16.4 Å². The number of amidine groups is 1. The highest BCUT2D eigenvalue weighted by molar-refractivity contribution is 8.16. The van der Waals surface area contributed by atoms with Crippen molar-refractivity contribution >= 4 is 50.0 Å². The maximum absolute atomic E-state index is 13.3.